The largest absolute Gasteiger partial charge is 0.573 e. The number of nitro benzene ring substituents is 1. The van der Waals surface area contributed by atoms with Gasteiger partial charge in [-0.1, -0.05) is 0 Å². The molecule has 0 aliphatic heterocycles. The summed E-state index contributed by atoms with van der Waals surface area (Å²) >= 11 is -0.779. The van der Waals surface area contributed by atoms with Gasteiger partial charge in [0.1, 0.15) is 5.75 Å². The smallest absolute Gasteiger partial charge is 0.405 e. The van der Waals surface area contributed by atoms with Crippen molar-refractivity contribution in [3.05, 3.63) is 28.3 Å². The topological polar surface area (TPSA) is 52.4 Å². The number of halogens is 6. The average Bonchev–Trinajstić information content (AvgIpc) is 2.10. The zero-order chi connectivity index (χ0) is 14.8. The molecule has 0 N–H and O–H groups in total. The van der Waals surface area contributed by atoms with Gasteiger partial charge < -0.3 is 4.74 Å². The van der Waals surface area contributed by atoms with E-state index in [-0.39, 0.29) is 0 Å². The minimum Gasteiger partial charge on any atom is -0.405 e. The second-order valence-electron chi connectivity index (χ2n) is 3.02. The van der Waals surface area contributed by atoms with Crippen LogP contribution in [0, 0.1) is 10.1 Å². The first-order valence-corrected chi connectivity index (χ1v) is 5.09. The molecule has 1 aromatic carbocycles. The summed E-state index contributed by atoms with van der Waals surface area (Å²) in [5, 5.41) is 10.4. The molecule has 0 bridgehead atoms. The first-order valence-electron chi connectivity index (χ1n) is 4.27. The highest BCUT2D eigenvalue weighted by Crippen LogP contribution is 2.40. The van der Waals surface area contributed by atoms with Crippen LogP contribution < -0.4 is 4.74 Å². The van der Waals surface area contributed by atoms with E-state index in [2.05, 4.69) is 4.74 Å². The summed E-state index contributed by atoms with van der Waals surface area (Å²) in [6.07, 6.45) is -5.16. The first kappa shape index (κ1) is 15.4. The van der Waals surface area contributed by atoms with E-state index in [0.717, 1.165) is 0 Å². The zero-order valence-corrected chi connectivity index (χ0v) is 9.40. The summed E-state index contributed by atoms with van der Waals surface area (Å²) < 4.78 is 75.4. The van der Waals surface area contributed by atoms with E-state index in [9.17, 15) is 36.5 Å². The second kappa shape index (κ2) is 5.15. The van der Waals surface area contributed by atoms with Crippen LogP contribution in [0.3, 0.4) is 0 Å². The molecule has 0 unspecified atom stereocenters. The van der Waals surface area contributed by atoms with Crippen LogP contribution in [-0.4, -0.2) is 16.8 Å². The molecule has 0 amide bonds. The number of ether oxygens (including phenoxy) is 1. The number of nitro groups is 1. The SMILES string of the molecule is O=[N+]([O-])c1cc(OC(F)(F)F)cc(SC(F)(F)F)c1. The highest BCUT2D eigenvalue weighted by Gasteiger charge is 2.34. The van der Waals surface area contributed by atoms with Gasteiger partial charge in [-0.3, -0.25) is 10.1 Å². The average molecular weight is 307 g/mol. The van der Waals surface area contributed by atoms with Crippen molar-refractivity contribution in [2.24, 2.45) is 0 Å². The van der Waals surface area contributed by atoms with Crippen molar-refractivity contribution in [3.8, 4) is 5.75 Å². The molecule has 0 aromatic heterocycles. The normalized spacial score (nSPS) is 12.3. The number of non-ortho nitro benzene ring substituents is 1. The van der Waals surface area contributed by atoms with Crippen molar-refractivity contribution < 1.29 is 36.0 Å². The van der Waals surface area contributed by atoms with E-state index >= 15 is 0 Å². The molecule has 0 saturated heterocycles. The molecule has 0 heterocycles. The van der Waals surface area contributed by atoms with Crippen molar-refractivity contribution in [1.29, 1.82) is 0 Å². The molecule has 11 heteroatoms. The minimum atomic E-state index is -5.16. The molecule has 0 aliphatic carbocycles. The fourth-order valence-electron chi connectivity index (χ4n) is 1.05. The lowest BCUT2D eigenvalue weighted by atomic mass is 10.3. The van der Waals surface area contributed by atoms with Gasteiger partial charge in [0.25, 0.3) is 5.69 Å². The van der Waals surface area contributed by atoms with E-state index in [1.807, 2.05) is 0 Å². The van der Waals surface area contributed by atoms with Gasteiger partial charge in [-0.15, -0.1) is 13.2 Å². The molecule has 4 nitrogen and oxygen atoms in total. The molecule has 19 heavy (non-hydrogen) atoms. The van der Waals surface area contributed by atoms with Crippen LogP contribution in [0.5, 0.6) is 5.75 Å². The highest BCUT2D eigenvalue weighted by atomic mass is 32.2. The zero-order valence-electron chi connectivity index (χ0n) is 8.58. The fraction of sp³-hybridized carbons (Fsp3) is 0.250. The van der Waals surface area contributed by atoms with Crippen LogP contribution in [0.1, 0.15) is 0 Å². The van der Waals surface area contributed by atoms with Crippen molar-refractivity contribution in [2.75, 3.05) is 0 Å². The van der Waals surface area contributed by atoms with Crippen LogP contribution >= 0.6 is 11.8 Å². The van der Waals surface area contributed by atoms with E-state index in [1.54, 1.807) is 0 Å². The molecular weight excluding hydrogens is 304 g/mol. The van der Waals surface area contributed by atoms with Gasteiger partial charge in [0.05, 0.1) is 11.0 Å². The maximum Gasteiger partial charge on any atom is 0.573 e. The maximum absolute atomic E-state index is 12.1. The van der Waals surface area contributed by atoms with Gasteiger partial charge in [0.2, 0.25) is 0 Å². The summed E-state index contributed by atoms with van der Waals surface area (Å²) in [6, 6.07) is 1.30. The van der Waals surface area contributed by atoms with Crippen LogP contribution in [0.4, 0.5) is 32.0 Å². The predicted molar refractivity (Wildman–Crippen MR) is 51.7 cm³/mol. The monoisotopic (exact) mass is 307 g/mol. The minimum absolute atomic E-state index is 0.383. The molecule has 0 aliphatic rings. The lowest BCUT2D eigenvalue weighted by Gasteiger charge is -2.10. The lowest BCUT2D eigenvalue weighted by molar-refractivity contribution is -0.385. The highest BCUT2D eigenvalue weighted by molar-refractivity contribution is 8.00. The van der Waals surface area contributed by atoms with Gasteiger partial charge >= 0.3 is 11.9 Å². The molecule has 0 fully saturated rings. The fourth-order valence-corrected chi connectivity index (χ4v) is 1.67. The Morgan fingerprint density at radius 2 is 1.68 bits per heavy atom. The Balaban J connectivity index is 3.14. The van der Waals surface area contributed by atoms with Crippen molar-refractivity contribution in [2.45, 2.75) is 16.8 Å². The summed E-state index contributed by atoms with van der Waals surface area (Å²) in [7, 11) is 0. The molecular formula is C8H3F6NO3S. The number of hydrogen-bond acceptors (Lipinski definition) is 4. The van der Waals surface area contributed by atoms with Gasteiger partial charge in [-0.2, -0.15) is 13.2 Å². The standard InChI is InChI=1S/C8H3F6NO3S/c9-7(10,11)18-5-1-4(15(16)17)2-6(3-5)19-8(12,13)14/h1-3H. The Hall–Kier alpha value is -1.65. The van der Waals surface area contributed by atoms with E-state index in [0.29, 0.717) is 18.2 Å². The number of rotatable bonds is 3. The van der Waals surface area contributed by atoms with Crippen LogP contribution in [0.15, 0.2) is 23.1 Å². The molecule has 0 atom stereocenters. The van der Waals surface area contributed by atoms with Gasteiger partial charge in [0.15, 0.2) is 0 Å². The molecule has 0 spiro atoms. The third-order valence-corrected chi connectivity index (χ3v) is 2.25. The van der Waals surface area contributed by atoms with Crippen molar-refractivity contribution in [1.82, 2.24) is 0 Å². The Morgan fingerprint density at radius 1 is 1.11 bits per heavy atom. The van der Waals surface area contributed by atoms with Crippen molar-refractivity contribution in [3.63, 3.8) is 0 Å². The summed E-state index contributed by atoms with van der Waals surface area (Å²) in [4.78, 5) is 8.52. The lowest BCUT2D eigenvalue weighted by Crippen LogP contribution is -2.17. The predicted octanol–water partition coefficient (Wildman–Crippen LogP) is 4.11. The van der Waals surface area contributed by atoms with Crippen LogP contribution in [0.2, 0.25) is 0 Å². The number of nitrogens with zero attached hydrogens (tertiary/aromatic N) is 1. The Labute approximate surface area is 105 Å². The van der Waals surface area contributed by atoms with Gasteiger partial charge in [0, 0.05) is 11.0 Å². The molecule has 106 valence electrons. The third kappa shape index (κ3) is 5.68. The summed E-state index contributed by atoms with van der Waals surface area (Å²) in [5.74, 6) is -1.09. The Bertz CT molecular complexity index is 452. The van der Waals surface area contributed by atoms with E-state index in [4.69, 9.17) is 0 Å². The first-order chi connectivity index (χ1) is 8.46. The number of benzene rings is 1. The molecule has 1 rings (SSSR count). The third-order valence-electron chi connectivity index (χ3n) is 1.54. The summed E-state index contributed by atoms with van der Waals surface area (Å²) in [6.45, 7) is 0. The molecule has 0 saturated carbocycles. The van der Waals surface area contributed by atoms with Gasteiger partial charge in [-0.25, -0.2) is 0 Å². The summed E-state index contributed by atoms with van der Waals surface area (Å²) in [5.41, 5.74) is -5.72. The number of alkyl halides is 6. The molecule has 0 radical (unpaired) electrons. The van der Waals surface area contributed by atoms with Crippen molar-refractivity contribution >= 4 is 17.4 Å². The van der Waals surface area contributed by atoms with E-state index in [1.165, 1.54) is 0 Å². The quantitative estimate of drug-likeness (QED) is 0.365. The maximum atomic E-state index is 12.1. The molecule has 1 aromatic rings. The number of hydrogen-bond donors (Lipinski definition) is 0. The van der Waals surface area contributed by atoms with Crippen LogP contribution in [-0.2, 0) is 0 Å². The Morgan fingerprint density at radius 3 is 2.11 bits per heavy atom. The van der Waals surface area contributed by atoms with Gasteiger partial charge in [-0.05, 0) is 17.8 Å². The van der Waals surface area contributed by atoms with Crippen LogP contribution in [0.25, 0.3) is 0 Å². The Kier molecular flexibility index (Phi) is 4.18. The van der Waals surface area contributed by atoms with E-state index < -0.39 is 44.9 Å². The number of thioether (sulfide) groups is 1. The second-order valence-corrected chi connectivity index (χ2v) is 4.15.